The fraction of sp³-hybridized carbons (Fsp3) is 0.542. The quantitative estimate of drug-likeness (QED) is 0.340. The Morgan fingerprint density at radius 3 is 2.44 bits per heavy atom. The number of anilines is 1. The van der Waals surface area contributed by atoms with Gasteiger partial charge in [-0.1, -0.05) is 40.9 Å². The maximum atomic E-state index is 14.9. The Morgan fingerprint density at radius 1 is 1.17 bits per heavy atom. The first kappa shape index (κ1) is 27.8. The molecule has 196 valence electrons. The smallest absolute Gasteiger partial charge is 0.268 e. The van der Waals surface area contributed by atoms with Crippen molar-refractivity contribution in [1.29, 1.82) is 0 Å². The summed E-state index contributed by atoms with van der Waals surface area (Å²) in [6.07, 6.45) is 2.51. The Kier molecular flexibility index (Phi) is 7.84. The lowest BCUT2D eigenvalue weighted by atomic mass is 9.74. The largest absolute Gasteiger partial charge is 0.598 e. The maximum absolute atomic E-state index is 14.9. The fourth-order valence-electron chi connectivity index (χ4n) is 4.84. The average molecular weight is 580 g/mol. The van der Waals surface area contributed by atoms with E-state index in [2.05, 4.69) is 14.7 Å². The molecule has 0 unspecified atom stereocenters. The van der Waals surface area contributed by atoms with Gasteiger partial charge in [0.05, 0.1) is 16.2 Å². The van der Waals surface area contributed by atoms with Crippen LogP contribution >= 0.6 is 34.8 Å². The molecule has 1 aromatic carbocycles. The second-order valence-corrected chi connectivity index (χ2v) is 13.5. The third-order valence-electron chi connectivity index (χ3n) is 6.98. The van der Waals surface area contributed by atoms with Crippen molar-refractivity contribution in [2.45, 2.75) is 63.2 Å². The van der Waals surface area contributed by atoms with Crippen LogP contribution in [0.25, 0.3) is 0 Å². The summed E-state index contributed by atoms with van der Waals surface area (Å²) >= 11 is 16.9. The molecule has 0 radical (unpaired) electrons. The number of carbonyl (C=O) groups is 1. The molecule has 4 rings (SSSR count). The summed E-state index contributed by atoms with van der Waals surface area (Å²) < 4.78 is 44.5. The van der Waals surface area contributed by atoms with E-state index < -0.39 is 39.3 Å². The highest BCUT2D eigenvalue weighted by Gasteiger charge is 2.61. The monoisotopic (exact) mass is 578 g/mol. The van der Waals surface area contributed by atoms with E-state index in [-0.39, 0.29) is 32.9 Å². The average Bonchev–Trinajstić information content (AvgIpc) is 3.05. The van der Waals surface area contributed by atoms with Crippen LogP contribution in [0.5, 0.6) is 0 Å². The van der Waals surface area contributed by atoms with Crippen LogP contribution in [-0.2, 0) is 11.4 Å². The zero-order valence-electron chi connectivity index (χ0n) is 20.1. The highest BCUT2D eigenvalue weighted by molar-refractivity contribution is 7.90. The van der Waals surface area contributed by atoms with E-state index >= 15 is 0 Å². The minimum absolute atomic E-state index is 0.0533. The maximum Gasteiger partial charge on any atom is 0.268 e. The van der Waals surface area contributed by atoms with Crippen LogP contribution in [0.3, 0.4) is 0 Å². The Hall–Kier alpha value is -1.23. The third-order valence-corrected chi connectivity index (χ3v) is 9.63. The topological polar surface area (TPSA) is 81.2 Å². The molecule has 1 aliphatic carbocycles. The number of piperidine rings is 1. The van der Waals surface area contributed by atoms with E-state index in [9.17, 15) is 18.1 Å². The number of aromatic nitrogens is 2. The second-order valence-electron chi connectivity index (χ2n) is 10.3. The van der Waals surface area contributed by atoms with E-state index in [1.54, 1.807) is 32.9 Å². The number of halogens is 5. The van der Waals surface area contributed by atoms with Crippen LogP contribution in [0.4, 0.5) is 14.6 Å². The number of ketones is 1. The number of hydrogen-bond acceptors (Lipinski definition) is 6. The highest BCUT2D eigenvalue weighted by atomic mass is 35.5. The predicted molar refractivity (Wildman–Crippen MR) is 140 cm³/mol. The molecule has 2 aliphatic rings. The Balaban J connectivity index is 1.49. The number of carbonyl (C=O) groups excluding carboxylic acids is 1. The number of nitrogens with one attached hydrogen (secondary N) is 1. The molecule has 1 spiro atoms. The molecule has 2 fully saturated rings. The Morgan fingerprint density at radius 2 is 1.83 bits per heavy atom. The van der Waals surface area contributed by atoms with Gasteiger partial charge in [-0.3, -0.25) is 4.79 Å². The molecule has 36 heavy (non-hydrogen) atoms. The van der Waals surface area contributed by atoms with Crippen molar-refractivity contribution < 1.29 is 18.1 Å². The van der Waals surface area contributed by atoms with Gasteiger partial charge in [-0.25, -0.2) is 18.7 Å². The van der Waals surface area contributed by atoms with Crippen molar-refractivity contribution in [3.63, 3.8) is 0 Å². The molecule has 12 heteroatoms. The zero-order chi connectivity index (χ0) is 26.5. The molecule has 1 aliphatic heterocycles. The van der Waals surface area contributed by atoms with Crippen LogP contribution in [0.1, 0.15) is 62.5 Å². The van der Waals surface area contributed by atoms with E-state index in [0.29, 0.717) is 38.2 Å². The molecule has 1 aromatic heterocycles. The standard InChI is InChI=1S/C24H27Cl3F2N4O2S/c1-22(2,3)36(35)32-21-23(7-8-24(21,28)29)9-11-33(12-10-23)16-13-30-18(20(27)31-16)19(34)14-5-4-6-15(25)17(14)26/h4-6,13,21,32H,7-12H2,1-3H3/t21-,36-/m1/s1. The van der Waals surface area contributed by atoms with Gasteiger partial charge in [0.2, 0.25) is 5.78 Å². The number of nitrogens with zero attached hydrogens (tertiary/aromatic N) is 3. The summed E-state index contributed by atoms with van der Waals surface area (Å²) in [7, 11) is 0. The van der Waals surface area contributed by atoms with Crippen LogP contribution in [0.2, 0.25) is 15.2 Å². The molecule has 6 nitrogen and oxygen atoms in total. The molecule has 1 saturated carbocycles. The van der Waals surface area contributed by atoms with Crippen molar-refractivity contribution in [3.05, 3.63) is 50.9 Å². The highest BCUT2D eigenvalue weighted by Crippen LogP contribution is 2.53. The summed E-state index contributed by atoms with van der Waals surface area (Å²) in [6.45, 7) is 6.19. The first-order chi connectivity index (χ1) is 16.7. The van der Waals surface area contributed by atoms with Gasteiger partial charge in [0.1, 0.15) is 22.3 Å². The molecule has 2 atom stereocenters. The van der Waals surface area contributed by atoms with E-state index in [1.165, 1.54) is 12.3 Å². The summed E-state index contributed by atoms with van der Waals surface area (Å²) in [6, 6.07) is 3.54. The summed E-state index contributed by atoms with van der Waals surface area (Å²) in [5, 5.41) is 0.264. The van der Waals surface area contributed by atoms with Gasteiger partial charge < -0.3 is 9.45 Å². The lowest BCUT2D eigenvalue weighted by Gasteiger charge is -2.44. The SMILES string of the molecule is CC(C)(C)[S@@+]([O-])N[C@H]1C(F)(F)CCC12CCN(c1cnc(C(=O)c3cccc(Cl)c3Cl)c(Cl)n1)CC2. The molecule has 1 N–H and O–H groups in total. The molecule has 1 saturated heterocycles. The van der Waals surface area contributed by atoms with Crippen LogP contribution in [0, 0.1) is 5.41 Å². The van der Waals surface area contributed by atoms with Crippen molar-refractivity contribution in [3.8, 4) is 0 Å². The Labute approximate surface area is 227 Å². The molecule has 0 amide bonds. The normalized spacial score (nSPS) is 22.1. The van der Waals surface area contributed by atoms with Gasteiger partial charge in [0, 0.05) is 36.4 Å². The van der Waals surface area contributed by atoms with Crippen molar-refractivity contribution in [2.75, 3.05) is 18.0 Å². The number of hydrogen-bond donors (Lipinski definition) is 1. The summed E-state index contributed by atoms with van der Waals surface area (Å²) in [5.74, 6) is -2.98. The van der Waals surface area contributed by atoms with Crippen LogP contribution in [-0.4, -0.2) is 50.1 Å². The van der Waals surface area contributed by atoms with Gasteiger partial charge >= 0.3 is 0 Å². The first-order valence-corrected chi connectivity index (χ1v) is 13.9. The molecular formula is C24H27Cl3F2N4O2S. The molecular weight excluding hydrogens is 553 g/mol. The lowest BCUT2D eigenvalue weighted by Crippen LogP contribution is -2.58. The fourth-order valence-corrected chi connectivity index (χ4v) is 6.43. The zero-order valence-corrected chi connectivity index (χ0v) is 23.2. The van der Waals surface area contributed by atoms with Crippen molar-refractivity contribution in [2.24, 2.45) is 5.41 Å². The van der Waals surface area contributed by atoms with Crippen molar-refractivity contribution in [1.82, 2.24) is 14.7 Å². The summed E-state index contributed by atoms with van der Waals surface area (Å²) in [5.41, 5.74) is -0.555. The Bertz CT molecular complexity index is 1160. The van der Waals surface area contributed by atoms with E-state index in [4.69, 9.17) is 34.8 Å². The van der Waals surface area contributed by atoms with Crippen LogP contribution < -0.4 is 9.62 Å². The first-order valence-electron chi connectivity index (χ1n) is 11.6. The number of benzene rings is 1. The van der Waals surface area contributed by atoms with Gasteiger partial charge in [-0.15, -0.1) is 4.72 Å². The van der Waals surface area contributed by atoms with E-state index in [0.717, 1.165) is 0 Å². The minimum atomic E-state index is -2.93. The van der Waals surface area contributed by atoms with Gasteiger partial charge in [0.25, 0.3) is 5.92 Å². The molecule has 2 heterocycles. The third kappa shape index (κ3) is 5.33. The van der Waals surface area contributed by atoms with Gasteiger partial charge in [0.15, 0.2) is 5.15 Å². The predicted octanol–water partition coefficient (Wildman–Crippen LogP) is 6.10. The molecule has 2 aromatic rings. The van der Waals surface area contributed by atoms with Gasteiger partial charge in [-0.05, 0) is 57.6 Å². The lowest BCUT2D eigenvalue weighted by molar-refractivity contribution is -0.0344. The summed E-state index contributed by atoms with van der Waals surface area (Å²) in [4.78, 5) is 23.4. The van der Waals surface area contributed by atoms with Gasteiger partial charge in [-0.2, -0.15) is 0 Å². The van der Waals surface area contributed by atoms with E-state index in [1.807, 2.05) is 4.90 Å². The molecule has 0 bridgehead atoms. The van der Waals surface area contributed by atoms with Crippen LogP contribution in [0.15, 0.2) is 24.4 Å². The second kappa shape index (κ2) is 10.2. The van der Waals surface area contributed by atoms with Crippen molar-refractivity contribution >= 4 is 57.8 Å². The number of alkyl halides is 2. The minimum Gasteiger partial charge on any atom is -0.598 e. The number of rotatable bonds is 5.